The van der Waals surface area contributed by atoms with Crippen LogP contribution in [0.2, 0.25) is 5.02 Å². The fourth-order valence-corrected chi connectivity index (χ4v) is 5.17. The number of nitrogens with one attached hydrogen (secondary N) is 2. The number of ether oxygens (including phenoxy) is 1. The molecule has 4 rings (SSSR count). The summed E-state index contributed by atoms with van der Waals surface area (Å²) in [6.07, 6.45) is -5.33. The number of alkyl halides is 3. The summed E-state index contributed by atoms with van der Waals surface area (Å²) >= 11 is 5.97. The summed E-state index contributed by atoms with van der Waals surface area (Å²) in [5.41, 5.74) is 0. The molecule has 1 unspecified atom stereocenters. The molecule has 2 aromatic rings. The number of benzene rings is 2. The molecule has 2 aliphatic rings. The molecule has 0 bridgehead atoms. The van der Waals surface area contributed by atoms with Crippen LogP contribution in [0.3, 0.4) is 0 Å². The van der Waals surface area contributed by atoms with Crippen molar-refractivity contribution in [3.8, 4) is 0 Å². The number of sulfonamides is 1. The predicted octanol–water partition coefficient (Wildman–Crippen LogP) is 2.16. The summed E-state index contributed by atoms with van der Waals surface area (Å²) in [5, 5.41) is 19.6. The molecule has 1 fully saturated rings. The van der Waals surface area contributed by atoms with Crippen LogP contribution in [-0.2, 0) is 24.3 Å². The Morgan fingerprint density at radius 3 is 2.53 bits per heavy atom. The normalized spacial score (nSPS) is 19.9. The second-order valence-electron chi connectivity index (χ2n) is 7.75. The van der Waals surface area contributed by atoms with Gasteiger partial charge in [0.05, 0.1) is 4.90 Å². The molecule has 192 valence electrons. The van der Waals surface area contributed by atoms with Gasteiger partial charge < -0.3 is 15.4 Å². The van der Waals surface area contributed by atoms with Crippen molar-refractivity contribution >= 4 is 44.3 Å². The quantitative estimate of drug-likeness (QED) is 0.528. The first kappa shape index (κ1) is 25.9. The summed E-state index contributed by atoms with van der Waals surface area (Å²) < 4.78 is 69.5. The first-order valence-corrected chi connectivity index (χ1v) is 12.1. The lowest BCUT2D eigenvalue weighted by Gasteiger charge is -2.32. The molecule has 0 saturated carbocycles. The van der Waals surface area contributed by atoms with E-state index in [1.807, 2.05) is 0 Å². The Morgan fingerprint density at radius 2 is 1.83 bits per heavy atom. The van der Waals surface area contributed by atoms with Crippen LogP contribution in [0.15, 0.2) is 62.0 Å². The molecule has 0 radical (unpaired) electrons. The second kappa shape index (κ2) is 9.68. The van der Waals surface area contributed by atoms with E-state index in [9.17, 15) is 31.2 Å². The number of hydrogen-bond donors (Lipinski definition) is 2. The highest BCUT2D eigenvalue weighted by molar-refractivity contribution is 7.89. The van der Waals surface area contributed by atoms with E-state index in [2.05, 4.69) is 36.0 Å². The minimum Gasteiger partial charge on any atom is -0.405 e. The number of hydrogen-bond acceptors (Lipinski definition) is 10. The summed E-state index contributed by atoms with van der Waals surface area (Å²) in [4.78, 5) is 23.9. The first-order chi connectivity index (χ1) is 16.9. The number of halogens is 4. The van der Waals surface area contributed by atoms with Gasteiger partial charge in [0.2, 0.25) is 15.9 Å². The minimum atomic E-state index is -5.33. The van der Waals surface area contributed by atoms with Gasteiger partial charge in [0, 0.05) is 24.7 Å². The number of piperazine rings is 1. The third-order valence-corrected chi connectivity index (χ3v) is 7.38. The molecular formula is C19H17ClF3N7O5S. The molecule has 0 spiro atoms. The lowest BCUT2D eigenvalue weighted by molar-refractivity contribution is -0.212. The Labute approximate surface area is 206 Å². The second-order valence-corrected chi connectivity index (χ2v) is 10.1. The predicted molar refractivity (Wildman–Crippen MR) is 117 cm³/mol. The fourth-order valence-electron chi connectivity index (χ4n) is 3.50. The van der Waals surface area contributed by atoms with Gasteiger partial charge in [0.1, 0.15) is 12.6 Å². The van der Waals surface area contributed by atoms with Crippen molar-refractivity contribution in [1.82, 2.24) is 14.9 Å². The van der Waals surface area contributed by atoms with Crippen LogP contribution in [-0.4, -0.2) is 68.8 Å². The van der Waals surface area contributed by atoms with Crippen molar-refractivity contribution < 1.29 is 35.9 Å². The molecule has 2 heterocycles. The highest BCUT2D eigenvalue weighted by Gasteiger charge is 2.49. The number of fused-ring (bicyclic) bond motifs is 1. The number of esters is 1. The lowest BCUT2D eigenvalue weighted by Crippen LogP contribution is -2.59. The maximum atomic E-state index is 13.2. The van der Waals surface area contributed by atoms with E-state index >= 15 is 0 Å². The van der Waals surface area contributed by atoms with Gasteiger partial charge >= 0.3 is 18.0 Å². The number of rotatable bonds is 6. The average molecular weight is 548 g/mol. The van der Waals surface area contributed by atoms with E-state index in [1.54, 1.807) is 24.3 Å². The largest absolute Gasteiger partial charge is 0.491 e. The Hall–Kier alpha value is -3.21. The van der Waals surface area contributed by atoms with E-state index in [0.717, 1.165) is 9.69 Å². The van der Waals surface area contributed by atoms with E-state index in [4.69, 9.17) is 11.6 Å². The third-order valence-electron chi connectivity index (χ3n) is 5.29. The number of carbonyl (C=O) groups excluding carboxylic acids is 2. The topological polar surface area (TPSA) is 154 Å². The monoisotopic (exact) mass is 547 g/mol. The van der Waals surface area contributed by atoms with Crippen molar-refractivity contribution in [3.05, 3.63) is 41.4 Å². The molecule has 2 aromatic carbocycles. The van der Waals surface area contributed by atoms with Gasteiger partial charge in [-0.05, 0) is 45.5 Å². The summed E-state index contributed by atoms with van der Waals surface area (Å²) in [5.74, 6) is -5.90. The molecule has 0 aliphatic carbocycles. The number of nitrogens with zero attached hydrogens (tertiary/aromatic N) is 5. The fraction of sp³-hybridized carbons (Fsp3) is 0.368. The Balaban J connectivity index is 1.44. The molecule has 36 heavy (non-hydrogen) atoms. The van der Waals surface area contributed by atoms with Gasteiger partial charge in [0.25, 0.3) is 0 Å². The Bertz CT molecular complexity index is 1360. The van der Waals surface area contributed by atoms with Gasteiger partial charge in [-0.25, -0.2) is 13.2 Å². The van der Waals surface area contributed by atoms with Gasteiger partial charge in [-0.15, -0.1) is 0 Å². The van der Waals surface area contributed by atoms with E-state index < -0.39 is 46.5 Å². The molecule has 1 saturated heterocycles. The van der Waals surface area contributed by atoms with E-state index in [-0.39, 0.29) is 24.5 Å². The zero-order chi connectivity index (χ0) is 26.1. The Morgan fingerprint density at radius 1 is 1.17 bits per heavy atom. The molecule has 1 amide bonds. The van der Waals surface area contributed by atoms with Crippen LogP contribution in [0.1, 0.15) is 0 Å². The molecular weight excluding hydrogens is 531 g/mol. The zero-order valence-electron chi connectivity index (χ0n) is 18.1. The summed E-state index contributed by atoms with van der Waals surface area (Å²) in [6, 6.07) is 8.48. The molecule has 17 heteroatoms. The smallest absolute Gasteiger partial charge is 0.405 e. The van der Waals surface area contributed by atoms with Crippen molar-refractivity contribution in [2.75, 3.05) is 26.2 Å². The number of carbonyl (C=O) groups is 2. The van der Waals surface area contributed by atoms with Crippen LogP contribution in [0.5, 0.6) is 0 Å². The van der Waals surface area contributed by atoms with Crippen molar-refractivity contribution in [2.24, 2.45) is 20.7 Å². The van der Waals surface area contributed by atoms with E-state index in [0.29, 0.717) is 10.4 Å². The zero-order valence-corrected chi connectivity index (χ0v) is 19.6. The molecule has 12 nitrogen and oxygen atoms in total. The molecule has 0 aromatic heterocycles. The standard InChI is InChI=1S/C19H17ClF3N7O5S/c20-13-3-1-12-8-14(4-2-11(12)7-13)36(33,34)30-6-5-24-15(9-30)16(31)25-10-18(26-28-29-27-18)35-17(32)19(21,22)23/h1-4,7-8,15,24H,5-6,9-10H2,(H,25,31). The van der Waals surface area contributed by atoms with Crippen molar-refractivity contribution in [1.29, 1.82) is 0 Å². The van der Waals surface area contributed by atoms with E-state index in [1.165, 1.54) is 12.1 Å². The minimum absolute atomic E-state index is 0.0168. The van der Waals surface area contributed by atoms with Crippen LogP contribution < -0.4 is 10.6 Å². The van der Waals surface area contributed by atoms with Gasteiger partial charge in [0.15, 0.2) is 0 Å². The highest BCUT2D eigenvalue weighted by Crippen LogP contribution is 2.27. The maximum Gasteiger partial charge on any atom is 0.491 e. The summed E-state index contributed by atoms with van der Waals surface area (Å²) in [7, 11) is -3.99. The van der Waals surface area contributed by atoms with Crippen LogP contribution in [0, 0.1) is 0 Å². The maximum absolute atomic E-state index is 13.2. The Kier molecular flexibility index (Phi) is 6.96. The lowest BCUT2D eigenvalue weighted by atomic mass is 10.1. The van der Waals surface area contributed by atoms with Crippen molar-refractivity contribution in [2.45, 2.75) is 23.0 Å². The highest BCUT2D eigenvalue weighted by atomic mass is 35.5. The first-order valence-electron chi connectivity index (χ1n) is 10.2. The SMILES string of the molecule is O=C(NCC1(OC(=O)C(F)(F)F)N=NN=N1)C1CN(S(=O)(=O)c2ccc3cc(Cl)ccc3c2)CCN1. The van der Waals surface area contributed by atoms with Crippen LogP contribution in [0.25, 0.3) is 10.8 Å². The van der Waals surface area contributed by atoms with Gasteiger partial charge in [-0.2, -0.15) is 17.5 Å². The van der Waals surface area contributed by atoms with Crippen LogP contribution in [0.4, 0.5) is 13.2 Å². The summed E-state index contributed by atoms with van der Waals surface area (Å²) in [6.45, 7) is -0.890. The molecule has 1 atom stereocenters. The molecule has 2 aliphatic heterocycles. The van der Waals surface area contributed by atoms with Gasteiger partial charge in [-0.3, -0.25) is 4.79 Å². The average Bonchev–Trinajstić information content (AvgIpc) is 3.30. The number of amides is 1. The third kappa shape index (κ3) is 5.45. The van der Waals surface area contributed by atoms with Crippen molar-refractivity contribution in [3.63, 3.8) is 0 Å². The molecule has 2 N–H and O–H groups in total. The van der Waals surface area contributed by atoms with Crippen LogP contribution >= 0.6 is 11.6 Å². The van der Waals surface area contributed by atoms with Gasteiger partial charge in [-0.1, -0.05) is 34.0 Å².